The molecule has 0 bridgehead atoms. The SMILES string of the molecule is Nc1ncnc(OC2CCOC2)c1Cl. The standard InChI is InChI=1S/C8H10ClN3O2/c9-6-7(10)11-4-12-8(6)14-5-1-2-13-3-5/h4-5H,1-3H2,(H2,10,11,12). The van der Waals surface area contributed by atoms with Gasteiger partial charge in [0.15, 0.2) is 0 Å². The number of nitrogen functional groups attached to an aromatic ring is 1. The number of ether oxygens (including phenoxy) is 2. The van der Waals surface area contributed by atoms with Crippen LogP contribution in [0.4, 0.5) is 5.82 Å². The Morgan fingerprint density at radius 2 is 2.43 bits per heavy atom. The maximum absolute atomic E-state index is 5.86. The lowest BCUT2D eigenvalue weighted by atomic mass is 10.3. The highest BCUT2D eigenvalue weighted by atomic mass is 35.5. The summed E-state index contributed by atoms with van der Waals surface area (Å²) in [6, 6.07) is 0. The summed E-state index contributed by atoms with van der Waals surface area (Å²) in [5.74, 6) is 0.560. The third-order valence-electron chi connectivity index (χ3n) is 1.95. The molecule has 1 aromatic heterocycles. The normalized spacial score (nSPS) is 21.1. The van der Waals surface area contributed by atoms with Crippen molar-refractivity contribution in [3.63, 3.8) is 0 Å². The topological polar surface area (TPSA) is 70.3 Å². The van der Waals surface area contributed by atoms with Gasteiger partial charge in [-0.15, -0.1) is 0 Å². The molecule has 2 rings (SSSR count). The molecule has 1 aliphatic rings. The van der Waals surface area contributed by atoms with Gasteiger partial charge in [-0.05, 0) is 0 Å². The van der Waals surface area contributed by atoms with Crippen LogP contribution >= 0.6 is 11.6 Å². The molecule has 6 heteroatoms. The van der Waals surface area contributed by atoms with E-state index < -0.39 is 0 Å². The van der Waals surface area contributed by atoms with Crippen LogP contribution in [0, 0.1) is 0 Å². The number of aromatic nitrogens is 2. The lowest BCUT2D eigenvalue weighted by Gasteiger charge is -2.11. The van der Waals surface area contributed by atoms with Crippen molar-refractivity contribution < 1.29 is 9.47 Å². The maximum atomic E-state index is 5.86. The van der Waals surface area contributed by atoms with Gasteiger partial charge in [0.25, 0.3) is 0 Å². The van der Waals surface area contributed by atoms with Gasteiger partial charge in [0.2, 0.25) is 5.88 Å². The van der Waals surface area contributed by atoms with Gasteiger partial charge in [-0.1, -0.05) is 11.6 Å². The number of nitrogens with two attached hydrogens (primary N) is 1. The summed E-state index contributed by atoms with van der Waals surface area (Å²) >= 11 is 5.86. The van der Waals surface area contributed by atoms with Gasteiger partial charge >= 0.3 is 0 Å². The largest absolute Gasteiger partial charge is 0.471 e. The fraction of sp³-hybridized carbons (Fsp3) is 0.500. The molecule has 1 unspecified atom stereocenters. The molecule has 0 amide bonds. The van der Waals surface area contributed by atoms with E-state index in [2.05, 4.69) is 9.97 Å². The van der Waals surface area contributed by atoms with Crippen molar-refractivity contribution in [1.82, 2.24) is 9.97 Å². The number of rotatable bonds is 2. The Balaban J connectivity index is 2.11. The second kappa shape index (κ2) is 3.98. The molecule has 0 aliphatic carbocycles. The molecular formula is C8H10ClN3O2. The van der Waals surface area contributed by atoms with Crippen LogP contribution in [0.5, 0.6) is 5.88 Å². The Morgan fingerprint density at radius 3 is 3.14 bits per heavy atom. The van der Waals surface area contributed by atoms with Gasteiger partial charge in [-0.2, -0.15) is 0 Å². The number of nitrogens with zero attached hydrogens (tertiary/aromatic N) is 2. The van der Waals surface area contributed by atoms with Crippen molar-refractivity contribution in [3.05, 3.63) is 11.3 Å². The van der Waals surface area contributed by atoms with E-state index in [1.807, 2.05) is 0 Å². The Morgan fingerprint density at radius 1 is 1.57 bits per heavy atom. The van der Waals surface area contributed by atoms with Crippen molar-refractivity contribution >= 4 is 17.4 Å². The van der Waals surface area contributed by atoms with E-state index in [-0.39, 0.29) is 16.9 Å². The fourth-order valence-corrected chi connectivity index (χ4v) is 1.35. The molecule has 1 aliphatic heterocycles. The molecule has 0 saturated carbocycles. The molecule has 0 aromatic carbocycles. The van der Waals surface area contributed by atoms with Crippen molar-refractivity contribution in [2.75, 3.05) is 18.9 Å². The van der Waals surface area contributed by atoms with Gasteiger partial charge in [0.1, 0.15) is 23.3 Å². The van der Waals surface area contributed by atoms with Gasteiger partial charge in [-0.25, -0.2) is 9.97 Å². The first kappa shape index (κ1) is 9.48. The average Bonchev–Trinajstić information content (AvgIpc) is 2.66. The third kappa shape index (κ3) is 1.88. The van der Waals surface area contributed by atoms with E-state index in [9.17, 15) is 0 Å². The highest BCUT2D eigenvalue weighted by Gasteiger charge is 2.19. The van der Waals surface area contributed by atoms with E-state index in [4.69, 9.17) is 26.8 Å². The predicted molar refractivity (Wildman–Crippen MR) is 51.3 cm³/mol. The second-order valence-electron chi connectivity index (χ2n) is 2.98. The molecule has 5 nitrogen and oxygen atoms in total. The number of hydrogen-bond acceptors (Lipinski definition) is 5. The third-order valence-corrected chi connectivity index (χ3v) is 2.31. The van der Waals surface area contributed by atoms with Crippen LogP contribution in [-0.4, -0.2) is 29.3 Å². The average molecular weight is 216 g/mol. The van der Waals surface area contributed by atoms with E-state index in [0.29, 0.717) is 19.1 Å². The van der Waals surface area contributed by atoms with Crippen LogP contribution in [0.3, 0.4) is 0 Å². The van der Waals surface area contributed by atoms with Crippen LogP contribution in [0.15, 0.2) is 6.33 Å². The van der Waals surface area contributed by atoms with Gasteiger partial charge < -0.3 is 15.2 Å². The Bertz CT molecular complexity index is 328. The van der Waals surface area contributed by atoms with E-state index in [1.165, 1.54) is 6.33 Å². The highest BCUT2D eigenvalue weighted by Crippen LogP contribution is 2.27. The van der Waals surface area contributed by atoms with Gasteiger partial charge in [0.05, 0.1) is 13.2 Å². The van der Waals surface area contributed by atoms with Gasteiger partial charge in [0, 0.05) is 6.42 Å². The second-order valence-corrected chi connectivity index (χ2v) is 3.36. The first-order valence-corrected chi connectivity index (χ1v) is 4.65. The van der Waals surface area contributed by atoms with Crippen LogP contribution < -0.4 is 10.5 Å². The molecule has 1 saturated heterocycles. The maximum Gasteiger partial charge on any atom is 0.238 e. The molecule has 0 spiro atoms. The first-order chi connectivity index (χ1) is 6.77. The van der Waals surface area contributed by atoms with Crippen LogP contribution in [0.25, 0.3) is 0 Å². The van der Waals surface area contributed by atoms with Crippen molar-refractivity contribution in [2.45, 2.75) is 12.5 Å². The number of halogens is 1. The summed E-state index contributed by atoms with van der Waals surface area (Å²) in [6.07, 6.45) is 2.19. The van der Waals surface area contributed by atoms with E-state index in [1.54, 1.807) is 0 Å². The first-order valence-electron chi connectivity index (χ1n) is 4.27. The molecular weight excluding hydrogens is 206 g/mol. The molecule has 1 aromatic rings. The summed E-state index contributed by atoms with van der Waals surface area (Å²) < 4.78 is 10.7. The lowest BCUT2D eigenvalue weighted by molar-refractivity contribution is 0.138. The molecule has 14 heavy (non-hydrogen) atoms. The van der Waals surface area contributed by atoms with Crippen molar-refractivity contribution in [3.8, 4) is 5.88 Å². The van der Waals surface area contributed by atoms with Gasteiger partial charge in [-0.3, -0.25) is 0 Å². The zero-order valence-corrected chi connectivity index (χ0v) is 8.20. The summed E-state index contributed by atoms with van der Waals surface area (Å²) in [6.45, 7) is 1.28. The predicted octanol–water partition coefficient (Wildman–Crippen LogP) is 0.880. The summed E-state index contributed by atoms with van der Waals surface area (Å²) in [5, 5.41) is 0.263. The van der Waals surface area contributed by atoms with Crippen molar-refractivity contribution in [1.29, 1.82) is 0 Å². The highest BCUT2D eigenvalue weighted by molar-refractivity contribution is 6.33. The molecule has 0 radical (unpaired) electrons. The molecule has 1 atom stereocenters. The summed E-state index contributed by atoms with van der Waals surface area (Å²) in [5.41, 5.74) is 5.50. The smallest absolute Gasteiger partial charge is 0.238 e. The molecule has 2 heterocycles. The monoisotopic (exact) mass is 215 g/mol. The van der Waals surface area contributed by atoms with Crippen molar-refractivity contribution in [2.24, 2.45) is 0 Å². The minimum Gasteiger partial charge on any atom is -0.471 e. The Labute approximate surface area is 86.2 Å². The zero-order chi connectivity index (χ0) is 9.97. The fourth-order valence-electron chi connectivity index (χ4n) is 1.21. The van der Waals surface area contributed by atoms with Crippen LogP contribution in [-0.2, 0) is 4.74 Å². The Hall–Kier alpha value is -1.07. The molecule has 1 fully saturated rings. The minimum atomic E-state index is 0.0156. The van der Waals surface area contributed by atoms with Crippen LogP contribution in [0.2, 0.25) is 5.02 Å². The zero-order valence-electron chi connectivity index (χ0n) is 7.44. The van der Waals surface area contributed by atoms with Crippen LogP contribution in [0.1, 0.15) is 6.42 Å². The Kier molecular flexibility index (Phi) is 2.69. The summed E-state index contributed by atoms with van der Waals surface area (Å²) in [4.78, 5) is 7.64. The van der Waals surface area contributed by atoms with E-state index >= 15 is 0 Å². The number of hydrogen-bond donors (Lipinski definition) is 1. The quantitative estimate of drug-likeness (QED) is 0.793. The molecule has 76 valence electrons. The number of anilines is 1. The lowest BCUT2D eigenvalue weighted by Crippen LogP contribution is -2.17. The molecule has 2 N–H and O–H groups in total. The summed E-state index contributed by atoms with van der Waals surface area (Å²) in [7, 11) is 0. The van der Waals surface area contributed by atoms with E-state index in [0.717, 1.165) is 6.42 Å². The minimum absolute atomic E-state index is 0.0156.